The van der Waals surface area contributed by atoms with E-state index in [9.17, 15) is 13.2 Å². The van der Waals surface area contributed by atoms with Crippen LogP contribution in [-0.4, -0.2) is 38.8 Å². The van der Waals surface area contributed by atoms with Crippen LogP contribution in [0.5, 0.6) is 0 Å². The lowest BCUT2D eigenvalue weighted by Gasteiger charge is -2.18. The molecule has 0 aliphatic carbocycles. The van der Waals surface area contributed by atoms with Crippen molar-refractivity contribution in [3.05, 3.63) is 0 Å². The van der Waals surface area contributed by atoms with E-state index < -0.39 is 21.5 Å². The molecular weight excluding hydrogens is 232 g/mol. The third-order valence-electron chi connectivity index (χ3n) is 1.63. The Bertz CT molecular complexity index is 319. The van der Waals surface area contributed by atoms with Crippen LogP contribution in [0.4, 0.5) is 0 Å². The van der Waals surface area contributed by atoms with E-state index in [0.29, 0.717) is 0 Å². The number of ether oxygens (including phenoxy) is 1. The van der Waals surface area contributed by atoms with Gasteiger partial charge in [-0.15, -0.1) is 0 Å². The standard InChI is InChI=1S/C9H20N2O4S/c1-4-15-8(12)5-6-16(13,14)11-7-9(2,3)10/h11H,4-7,10H2,1-3H3. The Balaban J connectivity index is 4.02. The van der Waals surface area contributed by atoms with Gasteiger partial charge in [0.1, 0.15) is 0 Å². The molecule has 0 aliphatic heterocycles. The molecule has 0 aromatic rings. The first-order chi connectivity index (χ1) is 7.16. The number of hydrogen-bond acceptors (Lipinski definition) is 5. The van der Waals surface area contributed by atoms with Crippen molar-refractivity contribution >= 4 is 16.0 Å². The Kier molecular flexibility index (Phi) is 5.91. The number of rotatable bonds is 7. The fourth-order valence-corrected chi connectivity index (χ4v) is 1.99. The van der Waals surface area contributed by atoms with Crippen molar-refractivity contribution in [2.24, 2.45) is 5.73 Å². The molecule has 0 saturated carbocycles. The number of nitrogens with one attached hydrogen (secondary N) is 1. The van der Waals surface area contributed by atoms with E-state index in [1.54, 1.807) is 20.8 Å². The van der Waals surface area contributed by atoms with Crippen molar-refractivity contribution in [3.8, 4) is 0 Å². The van der Waals surface area contributed by atoms with Gasteiger partial charge in [-0.25, -0.2) is 13.1 Å². The molecule has 96 valence electrons. The Morgan fingerprint density at radius 2 is 2.00 bits per heavy atom. The molecule has 7 heteroatoms. The second-order valence-electron chi connectivity index (χ2n) is 4.18. The molecule has 0 rings (SSSR count). The minimum absolute atomic E-state index is 0.137. The fourth-order valence-electron chi connectivity index (χ4n) is 0.819. The van der Waals surface area contributed by atoms with Crippen LogP contribution in [0.25, 0.3) is 0 Å². The van der Waals surface area contributed by atoms with E-state index >= 15 is 0 Å². The SMILES string of the molecule is CCOC(=O)CCS(=O)(=O)NCC(C)(C)N. The third kappa shape index (κ3) is 8.63. The van der Waals surface area contributed by atoms with Gasteiger partial charge >= 0.3 is 5.97 Å². The van der Waals surface area contributed by atoms with Gasteiger partial charge < -0.3 is 10.5 Å². The first kappa shape index (κ1) is 15.3. The quantitative estimate of drug-likeness (QED) is 0.600. The summed E-state index contributed by atoms with van der Waals surface area (Å²) in [6.07, 6.45) is -0.145. The average molecular weight is 252 g/mol. The molecule has 0 saturated heterocycles. The summed E-state index contributed by atoms with van der Waals surface area (Å²) in [7, 11) is -3.46. The summed E-state index contributed by atoms with van der Waals surface area (Å²) in [6, 6.07) is 0. The van der Waals surface area contributed by atoms with E-state index in [4.69, 9.17) is 5.73 Å². The van der Waals surface area contributed by atoms with Gasteiger partial charge in [-0.3, -0.25) is 4.79 Å². The van der Waals surface area contributed by atoms with Crippen LogP contribution in [0.15, 0.2) is 0 Å². The van der Waals surface area contributed by atoms with E-state index in [-0.39, 0.29) is 25.3 Å². The highest BCUT2D eigenvalue weighted by molar-refractivity contribution is 7.89. The zero-order valence-electron chi connectivity index (χ0n) is 9.95. The molecule has 0 radical (unpaired) electrons. The Hall–Kier alpha value is -0.660. The van der Waals surface area contributed by atoms with E-state index in [0.717, 1.165) is 0 Å². The molecule has 0 unspecified atom stereocenters. The predicted octanol–water partition coefficient (Wildman–Crippen LogP) is -0.404. The number of carbonyl (C=O) groups excluding carboxylic acids is 1. The van der Waals surface area contributed by atoms with Crippen molar-refractivity contribution in [2.75, 3.05) is 18.9 Å². The number of carbonyl (C=O) groups is 1. The van der Waals surface area contributed by atoms with Gasteiger partial charge in [0, 0.05) is 12.1 Å². The second kappa shape index (κ2) is 6.17. The number of hydrogen-bond donors (Lipinski definition) is 2. The molecule has 0 bridgehead atoms. The fraction of sp³-hybridized carbons (Fsp3) is 0.889. The Labute approximate surface area is 96.6 Å². The van der Waals surface area contributed by atoms with Gasteiger partial charge in [-0.05, 0) is 20.8 Å². The molecule has 0 atom stereocenters. The van der Waals surface area contributed by atoms with Gasteiger partial charge in [-0.2, -0.15) is 0 Å². The summed E-state index contributed by atoms with van der Waals surface area (Å²) >= 11 is 0. The molecule has 0 aliphatic rings. The van der Waals surface area contributed by atoms with Crippen LogP contribution in [0, 0.1) is 0 Å². The Morgan fingerprint density at radius 1 is 1.44 bits per heavy atom. The van der Waals surface area contributed by atoms with E-state index in [1.807, 2.05) is 0 Å². The molecule has 0 fully saturated rings. The summed E-state index contributed by atoms with van der Waals surface area (Å²) in [4.78, 5) is 11.0. The van der Waals surface area contributed by atoms with Crippen molar-refractivity contribution in [3.63, 3.8) is 0 Å². The molecular formula is C9H20N2O4S. The summed E-state index contributed by atoms with van der Waals surface area (Å²) in [5.41, 5.74) is 5.01. The van der Waals surface area contributed by atoms with Crippen LogP contribution in [0.2, 0.25) is 0 Å². The normalized spacial score (nSPS) is 12.5. The van der Waals surface area contributed by atoms with Crippen molar-refractivity contribution < 1.29 is 17.9 Å². The first-order valence-corrected chi connectivity index (χ1v) is 6.73. The lowest BCUT2D eigenvalue weighted by atomic mass is 10.1. The maximum Gasteiger partial charge on any atom is 0.306 e. The lowest BCUT2D eigenvalue weighted by Crippen LogP contribution is -2.45. The predicted molar refractivity (Wildman–Crippen MR) is 61.3 cm³/mol. The summed E-state index contributed by atoms with van der Waals surface area (Å²) in [6.45, 7) is 5.48. The van der Waals surface area contributed by atoms with Crippen LogP contribution in [-0.2, 0) is 19.6 Å². The van der Waals surface area contributed by atoms with Crippen molar-refractivity contribution in [2.45, 2.75) is 32.7 Å². The second-order valence-corrected chi connectivity index (χ2v) is 6.11. The van der Waals surface area contributed by atoms with Crippen LogP contribution >= 0.6 is 0 Å². The molecule has 0 spiro atoms. The number of nitrogens with two attached hydrogens (primary N) is 1. The van der Waals surface area contributed by atoms with Gasteiger partial charge in [0.25, 0.3) is 0 Å². The zero-order chi connectivity index (χ0) is 12.8. The topological polar surface area (TPSA) is 98.5 Å². The monoisotopic (exact) mass is 252 g/mol. The Morgan fingerprint density at radius 3 is 2.44 bits per heavy atom. The summed E-state index contributed by atoms with van der Waals surface area (Å²) < 4.78 is 29.8. The highest BCUT2D eigenvalue weighted by Crippen LogP contribution is 1.97. The maximum absolute atomic E-state index is 11.4. The molecule has 6 nitrogen and oxygen atoms in total. The largest absolute Gasteiger partial charge is 0.466 e. The summed E-state index contributed by atoms with van der Waals surface area (Å²) in [5.74, 6) is -0.790. The molecule has 3 N–H and O–H groups in total. The molecule has 16 heavy (non-hydrogen) atoms. The number of esters is 1. The molecule has 0 amide bonds. The number of sulfonamides is 1. The van der Waals surface area contributed by atoms with Gasteiger partial charge in [0.2, 0.25) is 10.0 Å². The average Bonchev–Trinajstić information content (AvgIpc) is 2.12. The minimum Gasteiger partial charge on any atom is -0.466 e. The van der Waals surface area contributed by atoms with Gasteiger partial charge in [0.15, 0.2) is 0 Å². The van der Waals surface area contributed by atoms with Gasteiger partial charge in [-0.1, -0.05) is 0 Å². The summed E-state index contributed by atoms with van der Waals surface area (Å²) in [5, 5.41) is 0. The highest BCUT2D eigenvalue weighted by Gasteiger charge is 2.18. The van der Waals surface area contributed by atoms with Gasteiger partial charge in [0.05, 0.1) is 18.8 Å². The molecule has 0 aromatic heterocycles. The first-order valence-electron chi connectivity index (χ1n) is 5.08. The van der Waals surface area contributed by atoms with Crippen molar-refractivity contribution in [1.29, 1.82) is 0 Å². The maximum atomic E-state index is 11.4. The third-order valence-corrected chi connectivity index (χ3v) is 2.95. The minimum atomic E-state index is -3.46. The molecule has 0 heterocycles. The molecule has 0 aromatic carbocycles. The van der Waals surface area contributed by atoms with Crippen LogP contribution < -0.4 is 10.5 Å². The van der Waals surface area contributed by atoms with Crippen molar-refractivity contribution in [1.82, 2.24) is 4.72 Å². The van der Waals surface area contributed by atoms with Crippen LogP contribution in [0.3, 0.4) is 0 Å². The highest BCUT2D eigenvalue weighted by atomic mass is 32.2. The smallest absolute Gasteiger partial charge is 0.306 e. The zero-order valence-corrected chi connectivity index (χ0v) is 10.8. The van der Waals surface area contributed by atoms with E-state index in [1.165, 1.54) is 0 Å². The van der Waals surface area contributed by atoms with E-state index in [2.05, 4.69) is 9.46 Å². The lowest BCUT2D eigenvalue weighted by molar-refractivity contribution is -0.142. The van der Waals surface area contributed by atoms with Crippen LogP contribution in [0.1, 0.15) is 27.2 Å².